The van der Waals surface area contributed by atoms with Crippen LogP contribution in [0.2, 0.25) is 0 Å². The third-order valence-corrected chi connectivity index (χ3v) is 7.27. The van der Waals surface area contributed by atoms with Crippen molar-refractivity contribution in [2.45, 2.75) is 24.1 Å². The molecule has 160 valence electrons. The molecule has 0 radical (unpaired) electrons. The molecule has 0 bridgehead atoms. The number of rotatable bonds is 5. The van der Waals surface area contributed by atoms with Gasteiger partial charge in [0.2, 0.25) is 5.91 Å². The summed E-state index contributed by atoms with van der Waals surface area (Å²) in [6, 6.07) is 7.62. The van der Waals surface area contributed by atoms with Crippen molar-refractivity contribution >= 4 is 46.2 Å². The lowest BCUT2D eigenvalue weighted by atomic mass is 9.95. The van der Waals surface area contributed by atoms with E-state index in [4.69, 9.17) is 4.74 Å². The monoisotopic (exact) mass is 453 g/mol. The molecule has 10 heteroatoms. The maximum atomic E-state index is 12.8. The van der Waals surface area contributed by atoms with Crippen LogP contribution in [0.15, 0.2) is 24.3 Å². The van der Waals surface area contributed by atoms with Crippen molar-refractivity contribution in [3.05, 3.63) is 29.8 Å². The van der Waals surface area contributed by atoms with Gasteiger partial charge in [-0.15, -0.1) is 24.8 Å². The van der Waals surface area contributed by atoms with Crippen LogP contribution in [0.1, 0.15) is 18.4 Å². The van der Waals surface area contributed by atoms with Crippen molar-refractivity contribution < 1.29 is 17.9 Å². The standard InChI is InChI=1S/C18H27N3O4S.2ClH/c1-26(23,24)18(6-8-19-9-7-18)17(22)20-16-4-2-15(3-5-16)14-21-10-12-25-13-11-21;;/h2-5,19H,6-14H2,1H3,(H,20,22);2*1H. The lowest BCUT2D eigenvalue weighted by Gasteiger charge is -2.34. The van der Waals surface area contributed by atoms with E-state index in [1.807, 2.05) is 24.3 Å². The van der Waals surface area contributed by atoms with Gasteiger partial charge in [0.15, 0.2) is 14.6 Å². The smallest absolute Gasteiger partial charge is 0.245 e. The number of nitrogens with one attached hydrogen (secondary N) is 2. The molecule has 3 rings (SSSR count). The van der Waals surface area contributed by atoms with Crippen LogP contribution < -0.4 is 10.6 Å². The second-order valence-electron chi connectivity index (χ2n) is 7.06. The molecule has 2 fully saturated rings. The first kappa shape index (κ1) is 25.1. The topological polar surface area (TPSA) is 87.7 Å². The lowest BCUT2D eigenvalue weighted by molar-refractivity contribution is -0.119. The van der Waals surface area contributed by atoms with Gasteiger partial charge in [-0.25, -0.2) is 8.42 Å². The number of benzene rings is 1. The number of halogens is 2. The van der Waals surface area contributed by atoms with E-state index in [9.17, 15) is 13.2 Å². The summed E-state index contributed by atoms with van der Waals surface area (Å²) < 4.78 is 28.6. The molecule has 1 aromatic rings. The Balaban J connectivity index is 0.00000196. The number of carbonyl (C=O) groups is 1. The van der Waals surface area contributed by atoms with Gasteiger partial charge in [0.25, 0.3) is 0 Å². The van der Waals surface area contributed by atoms with Crippen molar-refractivity contribution in [1.29, 1.82) is 0 Å². The van der Waals surface area contributed by atoms with E-state index >= 15 is 0 Å². The van der Waals surface area contributed by atoms with Crippen LogP contribution in [0.3, 0.4) is 0 Å². The highest BCUT2D eigenvalue weighted by molar-refractivity contribution is 7.92. The molecule has 28 heavy (non-hydrogen) atoms. The van der Waals surface area contributed by atoms with Crippen LogP contribution in [0, 0.1) is 0 Å². The molecule has 0 aromatic heterocycles. The first-order chi connectivity index (χ1) is 12.4. The Morgan fingerprint density at radius 2 is 1.71 bits per heavy atom. The van der Waals surface area contributed by atoms with Crippen molar-refractivity contribution in [2.24, 2.45) is 0 Å². The number of hydrogen-bond donors (Lipinski definition) is 2. The predicted octanol–water partition coefficient (Wildman–Crippen LogP) is 1.47. The molecular weight excluding hydrogens is 425 g/mol. The third-order valence-electron chi connectivity index (χ3n) is 5.26. The van der Waals surface area contributed by atoms with Gasteiger partial charge >= 0.3 is 0 Å². The Morgan fingerprint density at radius 3 is 2.25 bits per heavy atom. The molecule has 0 atom stereocenters. The van der Waals surface area contributed by atoms with Crippen LogP contribution in [0.4, 0.5) is 5.69 Å². The van der Waals surface area contributed by atoms with Crippen LogP contribution in [0.25, 0.3) is 0 Å². The SMILES string of the molecule is CS(=O)(=O)C1(C(=O)Nc2ccc(CN3CCOCC3)cc2)CCNCC1.Cl.Cl. The molecule has 0 spiro atoms. The second kappa shape index (κ2) is 10.8. The second-order valence-corrected chi connectivity index (χ2v) is 9.38. The Kier molecular flexibility index (Phi) is 9.66. The van der Waals surface area contributed by atoms with Gasteiger partial charge < -0.3 is 15.4 Å². The molecule has 1 aromatic carbocycles. The summed E-state index contributed by atoms with van der Waals surface area (Å²) in [5.41, 5.74) is 1.78. The van der Waals surface area contributed by atoms with Gasteiger partial charge in [0.1, 0.15) is 0 Å². The van der Waals surface area contributed by atoms with Gasteiger partial charge in [0, 0.05) is 31.6 Å². The number of piperidine rings is 1. The summed E-state index contributed by atoms with van der Waals surface area (Å²) in [7, 11) is -3.50. The number of amides is 1. The molecule has 0 saturated carbocycles. The van der Waals surface area contributed by atoms with Crippen LogP contribution in [-0.2, 0) is 25.9 Å². The number of carbonyl (C=O) groups excluding carboxylic acids is 1. The first-order valence-electron chi connectivity index (χ1n) is 9.01. The fraction of sp³-hybridized carbons (Fsp3) is 0.611. The van der Waals surface area contributed by atoms with E-state index < -0.39 is 20.5 Å². The quantitative estimate of drug-likeness (QED) is 0.701. The van der Waals surface area contributed by atoms with Gasteiger partial charge in [-0.2, -0.15) is 0 Å². The summed E-state index contributed by atoms with van der Waals surface area (Å²) in [6.07, 6.45) is 1.75. The van der Waals surface area contributed by atoms with Crippen LogP contribution in [0.5, 0.6) is 0 Å². The zero-order valence-corrected chi connectivity index (χ0v) is 18.4. The number of hydrogen-bond acceptors (Lipinski definition) is 6. The first-order valence-corrected chi connectivity index (χ1v) is 10.9. The number of nitrogens with zero attached hydrogens (tertiary/aromatic N) is 1. The fourth-order valence-corrected chi connectivity index (χ4v) is 4.89. The number of sulfone groups is 1. The normalized spacial score (nSPS) is 19.8. The lowest BCUT2D eigenvalue weighted by Crippen LogP contribution is -2.55. The molecule has 2 heterocycles. The largest absolute Gasteiger partial charge is 0.379 e. The summed E-state index contributed by atoms with van der Waals surface area (Å²) in [6.45, 7) is 5.26. The number of anilines is 1. The van der Waals surface area contributed by atoms with Gasteiger partial charge in [-0.3, -0.25) is 9.69 Å². The van der Waals surface area contributed by atoms with E-state index in [1.165, 1.54) is 0 Å². The Morgan fingerprint density at radius 1 is 1.14 bits per heavy atom. The van der Waals surface area contributed by atoms with Gasteiger partial charge in [-0.05, 0) is 43.6 Å². The maximum absolute atomic E-state index is 12.8. The molecule has 0 unspecified atom stereocenters. The van der Waals surface area contributed by atoms with E-state index in [2.05, 4.69) is 15.5 Å². The summed E-state index contributed by atoms with van der Waals surface area (Å²) in [5, 5.41) is 5.93. The Labute approximate surface area is 179 Å². The Bertz CT molecular complexity index is 732. The van der Waals surface area contributed by atoms with Gasteiger partial charge in [0.05, 0.1) is 13.2 Å². The minimum Gasteiger partial charge on any atom is -0.379 e. The molecule has 2 saturated heterocycles. The van der Waals surface area contributed by atoms with Gasteiger partial charge in [-0.1, -0.05) is 12.1 Å². The highest BCUT2D eigenvalue weighted by atomic mass is 35.5. The average Bonchev–Trinajstić information content (AvgIpc) is 2.64. The fourth-order valence-electron chi connectivity index (χ4n) is 3.55. The maximum Gasteiger partial charge on any atom is 0.245 e. The predicted molar refractivity (Wildman–Crippen MR) is 115 cm³/mol. The third kappa shape index (κ3) is 5.81. The van der Waals surface area contributed by atoms with E-state index in [-0.39, 0.29) is 24.8 Å². The van der Waals surface area contributed by atoms with E-state index in [1.54, 1.807) is 0 Å². The molecular formula is C18H29Cl2N3O4S. The Hall–Kier alpha value is -0.900. The van der Waals surface area contributed by atoms with E-state index in [0.717, 1.165) is 44.7 Å². The molecule has 7 nitrogen and oxygen atoms in total. The highest BCUT2D eigenvalue weighted by Gasteiger charge is 2.48. The summed E-state index contributed by atoms with van der Waals surface area (Å²) in [5.74, 6) is -0.428. The number of morpholine rings is 1. The number of ether oxygens (including phenoxy) is 1. The minimum atomic E-state index is -3.50. The average molecular weight is 454 g/mol. The molecule has 2 aliphatic heterocycles. The molecule has 0 aliphatic carbocycles. The zero-order chi connectivity index (χ0) is 18.6. The summed E-state index contributed by atoms with van der Waals surface area (Å²) >= 11 is 0. The van der Waals surface area contributed by atoms with E-state index in [0.29, 0.717) is 31.6 Å². The summed E-state index contributed by atoms with van der Waals surface area (Å²) in [4.78, 5) is 15.1. The van der Waals surface area contributed by atoms with Crippen molar-refractivity contribution in [1.82, 2.24) is 10.2 Å². The van der Waals surface area contributed by atoms with Crippen LogP contribution in [-0.4, -0.2) is 69.6 Å². The molecule has 1 amide bonds. The highest BCUT2D eigenvalue weighted by Crippen LogP contribution is 2.29. The van der Waals surface area contributed by atoms with Crippen molar-refractivity contribution in [3.63, 3.8) is 0 Å². The van der Waals surface area contributed by atoms with Crippen LogP contribution >= 0.6 is 24.8 Å². The van der Waals surface area contributed by atoms with Crippen molar-refractivity contribution in [3.8, 4) is 0 Å². The molecule has 2 aliphatic rings. The molecule has 2 N–H and O–H groups in total. The zero-order valence-electron chi connectivity index (χ0n) is 16.0. The minimum absolute atomic E-state index is 0. The van der Waals surface area contributed by atoms with Crippen molar-refractivity contribution in [2.75, 3.05) is 51.0 Å².